The summed E-state index contributed by atoms with van der Waals surface area (Å²) in [6.07, 6.45) is 8.74. The molecule has 0 saturated heterocycles. The first-order valence-corrected chi connectivity index (χ1v) is 10.3. The number of carboxylic acid groups (broad SMARTS) is 1. The highest BCUT2D eigenvalue weighted by atomic mass is 16.5. The molecule has 1 aromatic rings. The number of hydrogen-bond acceptors (Lipinski definition) is 3. The molecule has 0 heterocycles. The predicted octanol–water partition coefficient (Wildman–Crippen LogP) is 4.31. The van der Waals surface area contributed by atoms with E-state index in [2.05, 4.69) is 36.5 Å². The Balaban J connectivity index is 1.79. The molecular weight excluding hydrogens is 326 g/mol. The number of unbranched alkanes of at least 4 members (excludes halogenated alkanes) is 4. The van der Waals surface area contributed by atoms with Crippen LogP contribution in [0, 0.1) is 0 Å². The molecular formula is C22H35NO3. The molecule has 0 amide bonds. The van der Waals surface area contributed by atoms with E-state index >= 15 is 0 Å². The van der Waals surface area contributed by atoms with Crippen LogP contribution < -0.4 is 5.32 Å². The largest absolute Gasteiger partial charge is 0.479 e. The van der Waals surface area contributed by atoms with Crippen LogP contribution in [0.1, 0.15) is 69.9 Å². The number of benzene rings is 1. The highest BCUT2D eigenvalue weighted by Crippen LogP contribution is 2.47. The standard InChI is InChI=1S/C22H35NO3/c1-3-5-6-7-8-15-23-17-22(13-14-22)19-11-9-18(10-12-19)16-20(21(24)25)26-4-2/h9-12,20,23H,3-8,13-17H2,1-2H3,(H,24,25). The lowest BCUT2D eigenvalue weighted by Crippen LogP contribution is -2.28. The van der Waals surface area contributed by atoms with E-state index in [1.165, 1.54) is 50.5 Å². The van der Waals surface area contributed by atoms with Gasteiger partial charge in [-0.15, -0.1) is 0 Å². The second-order valence-corrected chi connectivity index (χ2v) is 7.55. The Morgan fingerprint density at radius 1 is 1.15 bits per heavy atom. The van der Waals surface area contributed by atoms with Gasteiger partial charge in [-0.25, -0.2) is 4.79 Å². The van der Waals surface area contributed by atoms with Crippen molar-refractivity contribution in [2.45, 2.75) is 76.7 Å². The van der Waals surface area contributed by atoms with Gasteiger partial charge in [0.05, 0.1) is 0 Å². The summed E-state index contributed by atoms with van der Waals surface area (Å²) in [6.45, 7) is 6.66. The van der Waals surface area contributed by atoms with Crippen molar-refractivity contribution in [2.24, 2.45) is 0 Å². The summed E-state index contributed by atoms with van der Waals surface area (Å²) in [6, 6.07) is 8.48. The molecule has 1 aliphatic rings. The SMILES string of the molecule is CCCCCCCNCC1(c2ccc(CC(OCC)C(=O)O)cc2)CC1. The van der Waals surface area contributed by atoms with Crippen molar-refractivity contribution in [2.75, 3.05) is 19.7 Å². The van der Waals surface area contributed by atoms with Crippen molar-refractivity contribution in [3.63, 3.8) is 0 Å². The number of carbonyl (C=O) groups is 1. The van der Waals surface area contributed by atoms with Gasteiger partial charge in [0.2, 0.25) is 0 Å². The fourth-order valence-corrected chi connectivity index (χ4v) is 3.53. The van der Waals surface area contributed by atoms with Crippen LogP contribution in [0.5, 0.6) is 0 Å². The summed E-state index contributed by atoms with van der Waals surface area (Å²) in [5.41, 5.74) is 2.70. The summed E-state index contributed by atoms with van der Waals surface area (Å²) in [4.78, 5) is 11.2. The minimum Gasteiger partial charge on any atom is -0.479 e. The van der Waals surface area contributed by atoms with Gasteiger partial charge < -0.3 is 15.2 Å². The van der Waals surface area contributed by atoms with E-state index in [1.807, 2.05) is 6.92 Å². The molecule has 2 rings (SSSR count). The van der Waals surface area contributed by atoms with E-state index < -0.39 is 12.1 Å². The molecule has 1 atom stereocenters. The van der Waals surface area contributed by atoms with Crippen LogP contribution in [0.15, 0.2) is 24.3 Å². The molecule has 1 aliphatic carbocycles. The quantitative estimate of drug-likeness (QED) is 0.485. The maximum absolute atomic E-state index is 11.2. The normalized spacial score (nSPS) is 16.4. The third kappa shape index (κ3) is 6.40. The molecule has 0 aromatic heterocycles. The fourth-order valence-electron chi connectivity index (χ4n) is 3.53. The van der Waals surface area contributed by atoms with Crippen molar-refractivity contribution in [1.29, 1.82) is 0 Å². The highest BCUT2D eigenvalue weighted by molar-refractivity contribution is 5.72. The molecule has 0 aliphatic heterocycles. The molecule has 0 radical (unpaired) electrons. The van der Waals surface area contributed by atoms with Crippen LogP contribution in [0.2, 0.25) is 0 Å². The maximum atomic E-state index is 11.2. The number of nitrogens with one attached hydrogen (secondary N) is 1. The molecule has 1 aromatic carbocycles. The van der Waals surface area contributed by atoms with Crippen molar-refractivity contribution in [1.82, 2.24) is 5.32 Å². The first kappa shape index (κ1) is 20.9. The molecule has 26 heavy (non-hydrogen) atoms. The second-order valence-electron chi connectivity index (χ2n) is 7.55. The summed E-state index contributed by atoms with van der Waals surface area (Å²) in [5, 5.41) is 12.9. The molecule has 0 spiro atoms. The number of hydrogen-bond donors (Lipinski definition) is 2. The second kappa shape index (κ2) is 10.7. The third-order valence-corrected chi connectivity index (χ3v) is 5.40. The molecule has 2 N–H and O–H groups in total. The average molecular weight is 362 g/mol. The minimum atomic E-state index is -0.891. The number of carboxylic acids is 1. The lowest BCUT2D eigenvalue weighted by atomic mass is 9.94. The summed E-state index contributed by atoms with van der Waals surface area (Å²) < 4.78 is 5.31. The Morgan fingerprint density at radius 2 is 1.85 bits per heavy atom. The molecule has 4 nitrogen and oxygen atoms in total. The number of rotatable bonds is 14. The summed E-state index contributed by atoms with van der Waals surface area (Å²) >= 11 is 0. The molecule has 1 unspecified atom stereocenters. The first-order valence-electron chi connectivity index (χ1n) is 10.3. The smallest absolute Gasteiger partial charge is 0.333 e. The Kier molecular flexibility index (Phi) is 8.60. The van der Waals surface area contributed by atoms with Gasteiger partial charge in [0.15, 0.2) is 6.10 Å². The van der Waals surface area contributed by atoms with Gasteiger partial charge in [-0.1, -0.05) is 56.9 Å². The lowest BCUT2D eigenvalue weighted by molar-refractivity contribution is -0.149. The zero-order valence-electron chi connectivity index (χ0n) is 16.4. The van der Waals surface area contributed by atoms with Crippen LogP contribution >= 0.6 is 0 Å². The molecule has 146 valence electrons. The van der Waals surface area contributed by atoms with Crippen molar-refractivity contribution < 1.29 is 14.6 Å². The summed E-state index contributed by atoms with van der Waals surface area (Å²) in [5.74, 6) is -0.891. The molecule has 1 fully saturated rings. The van der Waals surface area contributed by atoms with E-state index in [0.717, 1.165) is 18.7 Å². The molecule has 0 bridgehead atoms. The van der Waals surface area contributed by atoms with Crippen LogP contribution in [0.3, 0.4) is 0 Å². The van der Waals surface area contributed by atoms with Gasteiger partial charge in [0.25, 0.3) is 0 Å². The van der Waals surface area contributed by atoms with E-state index in [4.69, 9.17) is 4.74 Å². The average Bonchev–Trinajstić information content (AvgIpc) is 3.42. The monoisotopic (exact) mass is 361 g/mol. The Hall–Kier alpha value is -1.39. The Labute approximate surface area is 158 Å². The van der Waals surface area contributed by atoms with Crippen molar-refractivity contribution in [3.8, 4) is 0 Å². The van der Waals surface area contributed by atoms with Crippen LogP contribution in [-0.4, -0.2) is 36.9 Å². The van der Waals surface area contributed by atoms with Crippen molar-refractivity contribution >= 4 is 5.97 Å². The molecule has 4 heteroatoms. The van der Waals surface area contributed by atoms with Crippen LogP contribution in [0.4, 0.5) is 0 Å². The fraction of sp³-hybridized carbons (Fsp3) is 0.682. The summed E-state index contributed by atoms with van der Waals surface area (Å²) in [7, 11) is 0. The van der Waals surface area contributed by atoms with Gasteiger partial charge in [-0.05, 0) is 43.9 Å². The van der Waals surface area contributed by atoms with Crippen LogP contribution in [0.25, 0.3) is 0 Å². The van der Waals surface area contributed by atoms with Gasteiger partial charge in [-0.3, -0.25) is 0 Å². The third-order valence-electron chi connectivity index (χ3n) is 5.40. The van der Waals surface area contributed by atoms with Gasteiger partial charge >= 0.3 is 5.97 Å². The Bertz CT molecular complexity index is 537. The van der Waals surface area contributed by atoms with Gasteiger partial charge in [0, 0.05) is 25.0 Å². The van der Waals surface area contributed by atoms with E-state index in [9.17, 15) is 9.90 Å². The van der Waals surface area contributed by atoms with Gasteiger partial charge in [-0.2, -0.15) is 0 Å². The van der Waals surface area contributed by atoms with E-state index in [-0.39, 0.29) is 0 Å². The predicted molar refractivity (Wildman–Crippen MR) is 106 cm³/mol. The van der Waals surface area contributed by atoms with E-state index in [1.54, 1.807) is 0 Å². The number of aliphatic carboxylic acids is 1. The topological polar surface area (TPSA) is 58.6 Å². The zero-order valence-corrected chi connectivity index (χ0v) is 16.4. The van der Waals surface area contributed by atoms with Crippen LogP contribution in [-0.2, 0) is 21.4 Å². The molecule has 1 saturated carbocycles. The lowest BCUT2D eigenvalue weighted by Gasteiger charge is -2.18. The van der Waals surface area contributed by atoms with Crippen molar-refractivity contribution in [3.05, 3.63) is 35.4 Å². The first-order chi connectivity index (χ1) is 12.6. The highest BCUT2D eigenvalue weighted by Gasteiger charge is 2.43. The maximum Gasteiger partial charge on any atom is 0.333 e. The minimum absolute atomic E-state index is 0.300. The Morgan fingerprint density at radius 3 is 2.42 bits per heavy atom. The van der Waals surface area contributed by atoms with Gasteiger partial charge in [0.1, 0.15) is 0 Å². The van der Waals surface area contributed by atoms with E-state index in [0.29, 0.717) is 18.4 Å². The number of ether oxygens (including phenoxy) is 1. The zero-order chi connectivity index (χ0) is 18.8.